The third-order valence-electron chi connectivity index (χ3n) is 8.85. The normalized spacial score (nSPS) is 16.8. The van der Waals surface area contributed by atoms with Crippen LogP contribution in [0.1, 0.15) is 27.9 Å². The van der Waals surface area contributed by atoms with Crippen molar-refractivity contribution in [3.8, 4) is 0 Å². The lowest BCUT2D eigenvalue weighted by atomic mass is 9.80. The van der Waals surface area contributed by atoms with E-state index in [0.29, 0.717) is 11.3 Å². The number of thiazole rings is 1. The molecule has 0 unspecified atom stereocenters. The number of aliphatic carboxylic acids is 1. The molecular formula is C40H35N5O8S3. The Bertz CT molecular complexity index is 2330. The number of thioether (sulfide) groups is 1. The van der Waals surface area contributed by atoms with Gasteiger partial charge in [-0.25, -0.2) is 9.78 Å². The highest BCUT2D eigenvalue weighted by atomic mass is 32.2. The lowest BCUT2D eigenvalue weighted by Crippen LogP contribution is -2.71. The van der Waals surface area contributed by atoms with E-state index in [-0.39, 0.29) is 27.1 Å². The van der Waals surface area contributed by atoms with Crippen LogP contribution < -0.4 is 11.1 Å². The lowest BCUT2D eigenvalue weighted by molar-refractivity contribution is -0.150. The average Bonchev–Trinajstić information content (AvgIpc) is 3.64. The number of aryl methyl sites for hydroxylation is 1. The number of amides is 2. The summed E-state index contributed by atoms with van der Waals surface area (Å²) in [5.41, 5.74) is 8.18. The van der Waals surface area contributed by atoms with E-state index < -0.39 is 44.9 Å². The second-order valence-electron chi connectivity index (χ2n) is 12.4. The van der Waals surface area contributed by atoms with Crippen LogP contribution in [0.15, 0.2) is 155 Å². The van der Waals surface area contributed by atoms with Gasteiger partial charge < -0.3 is 21.0 Å². The zero-order chi connectivity index (χ0) is 40.0. The summed E-state index contributed by atoms with van der Waals surface area (Å²) in [4.78, 5) is 51.0. The standard InChI is InChI=1S/C33H27N5O5S2.C7H8O3S/c1-2-20-18-44-30-26(29(40)38(30)27(20)31(41)42)36-28(39)25(24-19-45-32(34)35-24)37-43-33(21-12-6-3-7-13-21,22-14-8-4-9-15-22)23-16-10-5-11-17-23;1-6-2-4-7(5-3-6)11(8,9)10/h2-17,19,26,30H,1,18H2,(H2,34,35)(H,36,39)(H,41,42);2-5H,1H3,(H,8,9,10)/b37-25-;/t26-,30+;/m1./s1. The van der Waals surface area contributed by atoms with Gasteiger partial charge in [-0.3, -0.25) is 19.0 Å². The molecule has 1 aromatic heterocycles. The minimum atomic E-state index is -4.02. The van der Waals surface area contributed by atoms with Gasteiger partial charge in [0.05, 0.1) is 4.90 Å². The Balaban J connectivity index is 0.000000417. The van der Waals surface area contributed by atoms with Crippen LogP contribution in [0.25, 0.3) is 0 Å². The number of carbonyl (C=O) groups excluding carboxylic acids is 2. The third-order valence-corrected chi connectivity index (χ3v) is 11.7. The van der Waals surface area contributed by atoms with Crippen LogP contribution in [0.2, 0.25) is 0 Å². The number of carboxylic acid groups (broad SMARTS) is 1. The molecule has 2 amide bonds. The summed E-state index contributed by atoms with van der Waals surface area (Å²) in [6, 6.07) is 33.6. The zero-order valence-electron chi connectivity index (χ0n) is 29.7. The number of carbonyl (C=O) groups is 3. The molecule has 5 N–H and O–H groups in total. The summed E-state index contributed by atoms with van der Waals surface area (Å²) in [7, 11) is -4.02. The summed E-state index contributed by atoms with van der Waals surface area (Å²) in [5, 5.41) is 18.2. The second-order valence-corrected chi connectivity index (χ2v) is 15.8. The van der Waals surface area contributed by atoms with Gasteiger partial charge in [0.1, 0.15) is 22.8 Å². The predicted molar refractivity (Wildman–Crippen MR) is 214 cm³/mol. The van der Waals surface area contributed by atoms with E-state index in [0.717, 1.165) is 33.6 Å². The summed E-state index contributed by atoms with van der Waals surface area (Å²) >= 11 is 2.46. The number of allylic oxidation sites excluding steroid dienone is 1. The van der Waals surface area contributed by atoms with Crippen molar-refractivity contribution < 1.29 is 37.3 Å². The molecule has 0 saturated carbocycles. The van der Waals surface area contributed by atoms with Crippen molar-refractivity contribution in [2.24, 2.45) is 5.16 Å². The Morgan fingerprint density at radius 1 is 0.964 bits per heavy atom. The number of nitrogens with zero attached hydrogens (tertiary/aromatic N) is 3. The molecule has 286 valence electrons. The van der Waals surface area contributed by atoms with E-state index in [1.54, 1.807) is 17.5 Å². The Kier molecular flexibility index (Phi) is 11.8. The van der Waals surface area contributed by atoms with Gasteiger partial charge in [-0.1, -0.05) is 127 Å². The van der Waals surface area contributed by atoms with E-state index in [1.807, 2.05) is 97.9 Å². The maximum atomic E-state index is 13.9. The first-order valence-electron chi connectivity index (χ1n) is 16.9. The number of fused-ring (bicyclic) bond motifs is 1. The molecular weight excluding hydrogens is 775 g/mol. The van der Waals surface area contributed by atoms with Crippen molar-refractivity contribution in [3.05, 3.63) is 173 Å². The maximum Gasteiger partial charge on any atom is 0.352 e. The molecule has 0 aliphatic carbocycles. The Morgan fingerprint density at radius 3 is 1.95 bits per heavy atom. The van der Waals surface area contributed by atoms with Gasteiger partial charge in [-0.05, 0) is 24.6 Å². The zero-order valence-corrected chi connectivity index (χ0v) is 32.1. The number of nitrogens with one attached hydrogen (secondary N) is 1. The van der Waals surface area contributed by atoms with E-state index in [1.165, 1.54) is 34.9 Å². The Morgan fingerprint density at radius 2 is 1.50 bits per heavy atom. The molecule has 16 heteroatoms. The van der Waals surface area contributed by atoms with Crippen molar-refractivity contribution in [1.29, 1.82) is 0 Å². The molecule has 1 saturated heterocycles. The molecule has 0 spiro atoms. The van der Waals surface area contributed by atoms with Crippen molar-refractivity contribution in [3.63, 3.8) is 0 Å². The lowest BCUT2D eigenvalue weighted by Gasteiger charge is -2.49. The molecule has 2 aliphatic rings. The molecule has 0 bridgehead atoms. The highest BCUT2D eigenvalue weighted by Gasteiger charge is 2.54. The van der Waals surface area contributed by atoms with Gasteiger partial charge >= 0.3 is 5.97 Å². The predicted octanol–water partition coefficient (Wildman–Crippen LogP) is 5.60. The number of oxime groups is 1. The molecule has 5 aromatic rings. The number of carboxylic acids is 1. The van der Waals surface area contributed by atoms with Crippen LogP contribution in [0.4, 0.5) is 5.13 Å². The van der Waals surface area contributed by atoms with Crippen molar-refractivity contribution in [1.82, 2.24) is 15.2 Å². The largest absolute Gasteiger partial charge is 0.477 e. The van der Waals surface area contributed by atoms with E-state index in [2.05, 4.69) is 22.0 Å². The molecule has 13 nitrogen and oxygen atoms in total. The average molecular weight is 810 g/mol. The van der Waals surface area contributed by atoms with Gasteiger partial charge in [0, 0.05) is 27.8 Å². The number of hydrogen-bond acceptors (Lipinski definition) is 11. The number of hydrogen-bond donors (Lipinski definition) is 4. The third kappa shape index (κ3) is 8.13. The number of nitrogens with two attached hydrogens (primary N) is 1. The molecule has 7 rings (SSSR count). The van der Waals surface area contributed by atoms with Crippen molar-refractivity contribution in [2.45, 2.75) is 28.8 Å². The van der Waals surface area contributed by atoms with Crippen LogP contribution >= 0.6 is 23.1 Å². The number of benzene rings is 4. The summed E-state index contributed by atoms with van der Waals surface area (Å²) < 4.78 is 29.6. The number of aromatic nitrogens is 1. The minimum Gasteiger partial charge on any atom is -0.477 e. The fourth-order valence-corrected chi connectivity index (χ4v) is 8.48. The highest BCUT2D eigenvalue weighted by molar-refractivity contribution is 8.00. The molecule has 1 fully saturated rings. The quantitative estimate of drug-likeness (QED) is 0.0425. The molecule has 4 aromatic carbocycles. The van der Waals surface area contributed by atoms with Crippen molar-refractivity contribution >= 4 is 61.8 Å². The first-order chi connectivity index (χ1) is 26.8. The van der Waals surface area contributed by atoms with Crippen LogP contribution in [-0.4, -0.2) is 68.6 Å². The fraction of sp³-hybridized carbons (Fsp3) is 0.125. The van der Waals surface area contributed by atoms with Crippen LogP contribution in [-0.2, 0) is 34.9 Å². The Hall–Kier alpha value is -6.07. The second kappa shape index (κ2) is 16.7. The minimum absolute atomic E-state index is 0.0666. The number of anilines is 1. The molecule has 3 heterocycles. The Labute approximate surface area is 331 Å². The number of β-lactam (4-membered cyclic amide) rings is 1. The molecule has 0 radical (unpaired) electrons. The molecule has 2 atom stereocenters. The van der Waals surface area contributed by atoms with E-state index >= 15 is 0 Å². The SMILES string of the molecule is C=CC1=C(C(=O)O)N2C(=O)[C@@H](NC(=O)/C(=N\OC(c3ccccc3)(c3ccccc3)c3ccccc3)c3csc(N)n3)[C@@H]2SC1.Cc1ccc(S(=O)(=O)O)cc1. The number of rotatable bonds is 11. The summed E-state index contributed by atoms with van der Waals surface area (Å²) in [6.07, 6.45) is 1.43. The van der Waals surface area contributed by atoms with Gasteiger partial charge in [-0.2, -0.15) is 8.42 Å². The molecule has 2 aliphatic heterocycles. The van der Waals surface area contributed by atoms with E-state index in [4.69, 9.17) is 15.1 Å². The van der Waals surface area contributed by atoms with Gasteiger partial charge in [0.2, 0.25) is 5.60 Å². The summed E-state index contributed by atoms with van der Waals surface area (Å²) in [5.74, 6) is -2.19. The summed E-state index contributed by atoms with van der Waals surface area (Å²) in [6.45, 7) is 5.51. The first-order valence-corrected chi connectivity index (χ1v) is 20.2. The monoisotopic (exact) mass is 809 g/mol. The van der Waals surface area contributed by atoms with Gasteiger partial charge in [0.15, 0.2) is 10.8 Å². The fourth-order valence-electron chi connectivity index (χ4n) is 6.11. The van der Waals surface area contributed by atoms with Gasteiger partial charge in [0.25, 0.3) is 21.9 Å². The van der Waals surface area contributed by atoms with Gasteiger partial charge in [-0.15, -0.1) is 23.1 Å². The highest BCUT2D eigenvalue weighted by Crippen LogP contribution is 2.42. The maximum absolute atomic E-state index is 13.9. The smallest absolute Gasteiger partial charge is 0.352 e. The van der Waals surface area contributed by atoms with Crippen LogP contribution in [0.3, 0.4) is 0 Å². The van der Waals surface area contributed by atoms with E-state index in [9.17, 15) is 27.9 Å². The first kappa shape index (κ1) is 39.6. The number of nitrogen functional groups attached to an aromatic ring is 1. The van der Waals surface area contributed by atoms with Crippen molar-refractivity contribution in [2.75, 3.05) is 11.5 Å². The van der Waals surface area contributed by atoms with Crippen LogP contribution in [0, 0.1) is 6.92 Å². The topological polar surface area (TPSA) is 202 Å². The van der Waals surface area contributed by atoms with Crippen LogP contribution in [0.5, 0.6) is 0 Å². The molecule has 56 heavy (non-hydrogen) atoms.